The number of aromatic nitrogens is 1. The maximum atomic E-state index is 6.24. The molecule has 2 N–H and O–H groups in total. The fourth-order valence-electron chi connectivity index (χ4n) is 3.16. The third kappa shape index (κ3) is 5.20. The van der Waals surface area contributed by atoms with E-state index in [4.69, 9.17) is 27.9 Å². The van der Waals surface area contributed by atoms with Gasteiger partial charge in [0.1, 0.15) is 12.4 Å². The van der Waals surface area contributed by atoms with E-state index in [9.17, 15) is 0 Å². The van der Waals surface area contributed by atoms with Gasteiger partial charge in [0.25, 0.3) is 0 Å². The van der Waals surface area contributed by atoms with Gasteiger partial charge >= 0.3 is 0 Å². The normalized spacial score (nSPS) is 10.9. The lowest BCUT2D eigenvalue weighted by Gasteiger charge is -2.14. The summed E-state index contributed by atoms with van der Waals surface area (Å²) in [6, 6.07) is 17.6. The van der Waals surface area contributed by atoms with Crippen LogP contribution >= 0.6 is 23.2 Å². The monoisotopic (exact) mass is 443 g/mol. The zero-order valence-electron chi connectivity index (χ0n) is 17.7. The minimum atomic E-state index is 0.600. The Morgan fingerprint density at radius 2 is 1.57 bits per heavy atom. The first-order valence-electron chi connectivity index (χ1n) is 10.0. The van der Waals surface area contributed by atoms with E-state index in [-0.39, 0.29) is 0 Å². The van der Waals surface area contributed by atoms with E-state index in [1.807, 2.05) is 76.5 Å². The summed E-state index contributed by atoms with van der Waals surface area (Å²) in [5.74, 6) is 0.808. The minimum Gasteiger partial charge on any atom is -0.490 e. The topological polar surface area (TPSA) is 40.3 Å². The van der Waals surface area contributed by atoms with Crippen LogP contribution in [-0.4, -0.2) is 37.1 Å². The third-order valence-electron chi connectivity index (χ3n) is 4.56. The molecule has 6 heteroatoms. The smallest absolute Gasteiger partial charge is 0.145 e. The second kappa shape index (κ2) is 10.1. The molecule has 0 atom stereocenters. The van der Waals surface area contributed by atoms with E-state index in [1.54, 1.807) is 0 Å². The highest BCUT2D eigenvalue weighted by Gasteiger charge is 2.12. The molecule has 3 aromatic carbocycles. The van der Waals surface area contributed by atoms with Gasteiger partial charge in [0.15, 0.2) is 0 Å². The molecule has 0 aliphatic carbocycles. The Labute approximate surface area is 187 Å². The van der Waals surface area contributed by atoms with Crippen molar-refractivity contribution in [2.75, 3.05) is 32.6 Å². The van der Waals surface area contributed by atoms with Gasteiger partial charge in [-0.05, 0) is 62.6 Å². The number of anilines is 2. The summed E-state index contributed by atoms with van der Waals surface area (Å²) in [5, 5.41) is 6.99. The molecule has 0 aliphatic rings. The van der Waals surface area contributed by atoms with Crippen LogP contribution in [0.5, 0.6) is 5.75 Å². The number of H-pyrrole nitrogens is 1. The van der Waals surface area contributed by atoms with Crippen LogP contribution in [0.15, 0.2) is 54.6 Å². The second-order valence-electron chi connectivity index (χ2n) is 7.00. The largest absolute Gasteiger partial charge is 0.490 e. The fourth-order valence-corrected chi connectivity index (χ4v) is 3.46. The SMILES string of the molecule is CC.CN(C)CCOc1cc(Nc2ccc(Cl)cc2)cc2c1[nH]c1ccc(Cl)cc12. The van der Waals surface area contributed by atoms with Crippen molar-refractivity contribution in [3.8, 4) is 5.75 Å². The number of benzene rings is 3. The first-order valence-corrected chi connectivity index (χ1v) is 10.8. The first kappa shape index (κ1) is 22.3. The number of hydrogen-bond donors (Lipinski definition) is 2. The van der Waals surface area contributed by atoms with Crippen LogP contribution in [-0.2, 0) is 0 Å². The van der Waals surface area contributed by atoms with Crippen molar-refractivity contribution >= 4 is 56.4 Å². The number of nitrogens with one attached hydrogen (secondary N) is 2. The summed E-state index contributed by atoms with van der Waals surface area (Å²) in [7, 11) is 4.06. The van der Waals surface area contributed by atoms with E-state index in [0.717, 1.165) is 45.5 Å². The molecule has 0 radical (unpaired) electrons. The quantitative estimate of drug-likeness (QED) is 0.327. The van der Waals surface area contributed by atoms with Crippen LogP contribution in [0.4, 0.5) is 11.4 Å². The Balaban J connectivity index is 0.00000124. The van der Waals surface area contributed by atoms with Crippen molar-refractivity contribution in [3.05, 3.63) is 64.6 Å². The van der Waals surface area contributed by atoms with Crippen LogP contribution in [0.25, 0.3) is 21.8 Å². The lowest BCUT2D eigenvalue weighted by molar-refractivity contribution is 0.263. The minimum absolute atomic E-state index is 0.600. The first-order chi connectivity index (χ1) is 14.5. The van der Waals surface area contributed by atoms with Gasteiger partial charge in [-0.1, -0.05) is 37.0 Å². The molecule has 158 valence electrons. The Kier molecular flexibility index (Phi) is 7.48. The molecule has 0 unspecified atom stereocenters. The van der Waals surface area contributed by atoms with Crippen LogP contribution in [0.3, 0.4) is 0 Å². The molecule has 0 saturated heterocycles. The van der Waals surface area contributed by atoms with Crippen molar-refractivity contribution in [2.24, 2.45) is 0 Å². The number of aromatic amines is 1. The number of halogens is 2. The summed E-state index contributed by atoms with van der Waals surface area (Å²) in [5.41, 5.74) is 3.90. The maximum absolute atomic E-state index is 6.24. The van der Waals surface area contributed by atoms with Gasteiger partial charge in [0, 0.05) is 50.3 Å². The average Bonchev–Trinajstić information content (AvgIpc) is 3.09. The van der Waals surface area contributed by atoms with Crippen molar-refractivity contribution in [2.45, 2.75) is 13.8 Å². The summed E-state index contributed by atoms with van der Waals surface area (Å²) in [6.07, 6.45) is 0. The van der Waals surface area contributed by atoms with Gasteiger partial charge in [-0.3, -0.25) is 0 Å². The van der Waals surface area contributed by atoms with Gasteiger partial charge in [-0.2, -0.15) is 0 Å². The Bertz CT molecular complexity index is 1120. The lowest BCUT2D eigenvalue weighted by Crippen LogP contribution is -2.19. The highest BCUT2D eigenvalue weighted by atomic mass is 35.5. The predicted octanol–water partition coefficient (Wildman–Crippen LogP) is 7.34. The number of hydrogen-bond acceptors (Lipinski definition) is 3. The molecular weight excluding hydrogens is 417 g/mol. The molecule has 0 aliphatic heterocycles. The molecular formula is C24H27Cl2N3O. The predicted molar refractivity (Wildman–Crippen MR) is 131 cm³/mol. The molecule has 0 spiro atoms. The van der Waals surface area contributed by atoms with Gasteiger partial charge in [0.2, 0.25) is 0 Å². The molecule has 0 saturated carbocycles. The number of likely N-dealkylation sites (N-methyl/N-ethyl adjacent to an activating group) is 1. The maximum Gasteiger partial charge on any atom is 0.145 e. The standard InChI is InChI=1S/C22H21Cl2N3O.C2H6/c1-27(2)9-10-28-21-13-17(25-16-6-3-14(23)4-7-16)12-19-18-11-15(24)5-8-20(18)26-22(19)21;1-2/h3-8,11-13,25-26H,9-10H2,1-2H3;1-2H3. The van der Waals surface area contributed by atoms with Gasteiger partial charge in [0.05, 0.1) is 5.52 Å². The van der Waals surface area contributed by atoms with Crippen LogP contribution in [0, 0.1) is 0 Å². The highest BCUT2D eigenvalue weighted by Crippen LogP contribution is 2.37. The van der Waals surface area contributed by atoms with E-state index < -0.39 is 0 Å². The molecule has 1 aromatic heterocycles. The molecule has 0 fully saturated rings. The van der Waals surface area contributed by atoms with Crippen LogP contribution < -0.4 is 10.1 Å². The lowest BCUT2D eigenvalue weighted by atomic mass is 10.1. The van der Waals surface area contributed by atoms with Crippen molar-refractivity contribution in [1.29, 1.82) is 0 Å². The molecule has 4 nitrogen and oxygen atoms in total. The molecule has 1 heterocycles. The average molecular weight is 444 g/mol. The van der Waals surface area contributed by atoms with E-state index in [0.29, 0.717) is 16.7 Å². The second-order valence-corrected chi connectivity index (χ2v) is 7.87. The summed E-state index contributed by atoms with van der Waals surface area (Å²) >= 11 is 12.2. The molecule has 0 amide bonds. The van der Waals surface area contributed by atoms with E-state index in [2.05, 4.69) is 21.3 Å². The fraction of sp³-hybridized carbons (Fsp3) is 0.250. The summed E-state index contributed by atoms with van der Waals surface area (Å²) < 4.78 is 6.12. The van der Waals surface area contributed by atoms with E-state index in [1.165, 1.54) is 0 Å². The summed E-state index contributed by atoms with van der Waals surface area (Å²) in [6.45, 7) is 5.44. The van der Waals surface area contributed by atoms with Crippen molar-refractivity contribution < 1.29 is 4.74 Å². The zero-order chi connectivity index (χ0) is 21.7. The van der Waals surface area contributed by atoms with Crippen molar-refractivity contribution in [3.63, 3.8) is 0 Å². The molecule has 4 aromatic rings. The number of fused-ring (bicyclic) bond motifs is 3. The van der Waals surface area contributed by atoms with Crippen molar-refractivity contribution in [1.82, 2.24) is 9.88 Å². The highest BCUT2D eigenvalue weighted by molar-refractivity contribution is 6.32. The summed E-state index contributed by atoms with van der Waals surface area (Å²) in [4.78, 5) is 5.56. The van der Waals surface area contributed by atoms with Gasteiger partial charge in [-0.15, -0.1) is 0 Å². The number of ether oxygens (including phenoxy) is 1. The Morgan fingerprint density at radius 1 is 0.867 bits per heavy atom. The van der Waals surface area contributed by atoms with Crippen LogP contribution in [0.2, 0.25) is 10.0 Å². The van der Waals surface area contributed by atoms with E-state index >= 15 is 0 Å². The molecule has 30 heavy (non-hydrogen) atoms. The number of nitrogens with zero attached hydrogens (tertiary/aromatic N) is 1. The zero-order valence-corrected chi connectivity index (χ0v) is 19.2. The van der Waals surface area contributed by atoms with Gasteiger partial charge in [-0.25, -0.2) is 0 Å². The Morgan fingerprint density at radius 3 is 2.27 bits per heavy atom. The Hall–Kier alpha value is -2.40. The molecule has 4 rings (SSSR count). The third-order valence-corrected chi connectivity index (χ3v) is 5.05. The molecule has 0 bridgehead atoms. The van der Waals surface area contributed by atoms with Crippen LogP contribution in [0.1, 0.15) is 13.8 Å². The number of rotatable bonds is 6. The van der Waals surface area contributed by atoms with Gasteiger partial charge < -0.3 is 19.9 Å².